The number of ether oxygens (including phenoxy) is 3. The zero-order chi connectivity index (χ0) is 22.5. The van der Waals surface area contributed by atoms with Gasteiger partial charge in [0.1, 0.15) is 6.54 Å². The van der Waals surface area contributed by atoms with Crippen molar-refractivity contribution in [1.82, 2.24) is 4.90 Å². The van der Waals surface area contributed by atoms with Gasteiger partial charge < -0.3 is 18.6 Å². The molecule has 0 N–H and O–H groups in total. The fourth-order valence-electron chi connectivity index (χ4n) is 2.62. The minimum absolute atomic E-state index is 0.0378. The minimum Gasteiger partial charge on any atom is -0.493 e. The zero-order valence-electron chi connectivity index (χ0n) is 16.9. The maximum absolute atomic E-state index is 12.5. The number of carbonyl (C=O) groups is 4. The molecule has 31 heavy (non-hydrogen) atoms. The molecule has 0 saturated carbocycles. The first-order valence-corrected chi connectivity index (χ1v) is 9.98. The molecule has 1 fully saturated rings. The molecule has 0 atom stereocenters. The van der Waals surface area contributed by atoms with Crippen LogP contribution in [0.15, 0.2) is 45.9 Å². The van der Waals surface area contributed by atoms with E-state index in [2.05, 4.69) is 0 Å². The van der Waals surface area contributed by atoms with Crippen LogP contribution in [0.3, 0.4) is 0 Å². The van der Waals surface area contributed by atoms with Gasteiger partial charge in [0.2, 0.25) is 5.76 Å². The third-order valence-corrected chi connectivity index (χ3v) is 4.85. The minimum atomic E-state index is -0.689. The van der Waals surface area contributed by atoms with E-state index < -0.39 is 29.6 Å². The highest BCUT2D eigenvalue weighted by atomic mass is 32.2. The quantitative estimate of drug-likeness (QED) is 0.359. The van der Waals surface area contributed by atoms with Crippen molar-refractivity contribution in [3.8, 4) is 11.5 Å². The number of methoxy groups -OCH3 is 1. The average molecular weight is 445 g/mol. The number of rotatable bonds is 7. The first-order valence-electron chi connectivity index (χ1n) is 9.17. The van der Waals surface area contributed by atoms with Crippen LogP contribution >= 0.6 is 11.8 Å². The summed E-state index contributed by atoms with van der Waals surface area (Å²) in [7, 11) is 1.40. The molecule has 2 aromatic rings. The van der Waals surface area contributed by atoms with Crippen molar-refractivity contribution in [3.63, 3.8) is 0 Å². The molecule has 1 aliphatic rings. The van der Waals surface area contributed by atoms with Crippen molar-refractivity contribution in [1.29, 1.82) is 0 Å². The van der Waals surface area contributed by atoms with Gasteiger partial charge in [0, 0.05) is 0 Å². The standard InChI is InChI=1S/C21H19NO8S/c1-12(2)29-18(23)11-22-19(24)17(31-21(22)26)10-13-6-7-14(16(9-13)27-3)30-20(25)15-5-4-8-28-15/h4-10,12H,11H2,1-3H3/b17-10-. The van der Waals surface area contributed by atoms with Crippen LogP contribution in [0.1, 0.15) is 30.0 Å². The van der Waals surface area contributed by atoms with E-state index in [-0.39, 0.29) is 28.3 Å². The average Bonchev–Trinajstić information content (AvgIpc) is 3.33. The number of nitrogens with zero attached hydrogens (tertiary/aromatic N) is 1. The molecule has 0 bridgehead atoms. The molecule has 0 unspecified atom stereocenters. The summed E-state index contributed by atoms with van der Waals surface area (Å²) < 4.78 is 20.5. The first-order chi connectivity index (χ1) is 14.8. The Balaban J connectivity index is 1.75. The molecule has 0 radical (unpaired) electrons. The molecule has 10 heteroatoms. The number of carbonyl (C=O) groups excluding carboxylic acids is 4. The summed E-state index contributed by atoms with van der Waals surface area (Å²) in [6.07, 6.45) is 2.49. The lowest BCUT2D eigenvalue weighted by atomic mass is 10.2. The molecular weight excluding hydrogens is 426 g/mol. The van der Waals surface area contributed by atoms with E-state index in [0.717, 1.165) is 4.90 Å². The Morgan fingerprint density at radius 2 is 1.97 bits per heavy atom. The number of benzene rings is 1. The Kier molecular flexibility index (Phi) is 6.81. The molecule has 3 rings (SSSR count). The summed E-state index contributed by atoms with van der Waals surface area (Å²) in [4.78, 5) is 49.5. The van der Waals surface area contributed by atoms with Gasteiger partial charge in [0.05, 0.1) is 24.4 Å². The smallest absolute Gasteiger partial charge is 0.379 e. The molecular formula is C21H19NO8S. The van der Waals surface area contributed by atoms with E-state index in [1.54, 1.807) is 32.0 Å². The molecule has 0 aliphatic carbocycles. The fourth-order valence-corrected chi connectivity index (χ4v) is 3.46. The highest BCUT2D eigenvalue weighted by Gasteiger charge is 2.36. The summed E-state index contributed by atoms with van der Waals surface area (Å²) in [5.74, 6) is -1.51. The van der Waals surface area contributed by atoms with Gasteiger partial charge in [-0.1, -0.05) is 6.07 Å². The summed E-state index contributed by atoms with van der Waals surface area (Å²) >= 11 is 0.716. The number of hydrogen-bond donors (Lipinski definition) is 0. The predicted molar refractivity (Wildman–Crippen MR) is 111 cm³/mol. The number of amides is 2. The van der Waals surface area contributed by atoms with E-state index in [1.165, 1.54) is 31.6 Å². The summed E-state index contributed by atoms with van der Waals surface area (Å²) in [6, 6.07) is 7.67. The second-order valence-corrected chi connectivity index (χ2v) is 7.58. The third-order valence-electron chi connectivity index (χ3n) is 3.94. The van der Waals surface area contributed by atoms with E-state index in [9.17, 15) is 19.2 Å². The topological polar surface area (TPSA) is 112 Å². The second kappa shape index (κ2) is 9.52. The number of furan rings is 1. The normalized spacial score (nSPS) is 15.0. The highest BCUT2D eigenvalue weighted by Crippen LogP contribution is 2.34. The first kappa shape index (κ1) is 22.2. The lowest BCUT2D eigenvalue weighted by Gasteiger charge is -2.13. The van der Waals surface area contributed by atoms with E-state index in [4.69, 9.17) is 18.6 Å². The molecule has 2 heterocycles. The molecule has 162 valence electrons. The van der Waals surface area contributed by atoms with Crippen molar-refractivity contribution >= 4 is 40.9 Å². The van der Waals surface area contributed by atoms with Gasteiger partial charge in [-0.2, -0.15) is 0 Å². The predicted octanol–water partition coefficient (Wildman–Crippen LogP) is 3.50. The summed E-state index contributed by atoms with van der Waals surface area (Å²) in [5, 5.41) is -0.562. The van der Waals surface area contributed by atoms with E-state index in [0.29, 0.717) is 17.3 Å². The van der Waals surface area contributed by atoms with E-state index in [1.807, 2.05) is 0 Å². The highest BCUT2D eigenvalue weighted by molar-refractivity contribution is 8.18. The molecule has 1 aromatic heterocycles. The monoisotopic (exact) mass is 445 g/mol. The van der Waals surface area contributed by atoms with Crippen molar-refractivity contribution < 1.29 is 37.8 Å². The molecule has 9 nitrogen and oxygen atoms in total. The van der Waals surface area contributed by atoms with Crippen LogP contribution in [-0.2, 0) is 14.3 Å². The van der Waals surface area contributed by atoms with Crippen LogP contribution in [-0.4, -0.2) is 47.7 Å². The molecule has 1 saturated heterocycles. The number of hydrogen-bond acceptors (Lipinski definition) is 9. The van der Waals surface area contributed by atoms with Crippen LogP contribution in [0.5, 0.6) is 11.5 Å². The Hall–Kier alpha value is -3.53. The van der Waals surface area contributed by atoms with Crippen molar-refractivity contribution in [2.24, 2.45) is 0 Å². The van der Waals surface area contributed by atoms with Crippen LogP contribution in [0.25, 0.3) is 6.08 Å². The Bertz CT molecular complexity index is 1040. The van der Waals surface area contributed by atoms with Gasteiger partial charge in [-0.15, -0.1) is 0 Å². The number of imide groups is 1. The van der Waals surface area contributed by atoms with Crippen LogP contribution < -0.4 is 9.47 Å². The number of thioether (sulfide) groups is 1. The second-order valence-electron chi connectivity index (χ2n) is 6.58. The van der Waals surface area contributed by atoms with Crippen LogP contribution in [0, 0.1) is 0 Å². The summed E-state index contributed by atoms with van der Waals surface area (Å²) in [6.45, 7) is 2.90. The Labute approximate surface area is 181 Å². The molecule has 1 aromatic carbocycles. The van der Waals surface area contributed by atoms with Gasteiger partial charge in [0.25, 0.3) is 11.1 Å². The Morgan fingerprint density at radius 3 is 2.61 bits per heavy atom. The van der Waals surface area contributed by atoms with E-state index >= 15 is 0 Å². The van der Waals surface area contributed by atoms with Crippen LogP contribution in [0.2, 0.25) is 0 Å². The number of esters is 2. The Morgan fingerprint density at radius 1 is 1.19 bits per heavy atom. The third kappa shape index (κ3) is 5.34. The van der Waals surface area contributed by atoms with Gasteiger partial charge in [-0.25, -0.2) is 4.79 Å². The van der Waals surface area contributed by atoms with Gasteiger partial charge in [-0.3, -0.25) is 19.3 Å². The molecule has 0 spiro atoms. The largest absolute Gasteiger partial charge is 0.493 e. The lowest BCUT2D eigenvalue weighted by Crippen LogP contribution is -2.35. The fraction of sp³-hybridized carbons (Fsp3) is 0.238. The van der Waals surface area contributed by atoms with Gasteiger partial charge in [0.15, 0.2) is 11.5 Å². The summed E-state index contributed by atoms with van der Waals surface area (Å²) in [5.41, 5.74) is 0.532. The maximum atomic E-state index is 12.5. The maximum Gasteiger partial charge on any atom is 0.379 e. The SMILES string of the molecule is COc1cc(/C=C2\SC(=O)N(CC(=O)OC(C)C)C2=O)ccc1OC(=O)c1ccco1. The van der Waals surface area contributed by atoms with Gasteiger partial charge in [-0.05, 0) is 61.5 Å². The van der Waals surface area contributed by atoms with Crippen molar-refractivity contribution in [3.05, 3.63) is 52.8 Å². The van der Waals surface area contributed by atoms with Crippen LogP contribution in [0.4, 0.5) is 4.79 Å². The zero-order valence-corrected chi connectivity index (χ0v) is 17.8. The van der Waals surface area contributed by atoms with Crippen molar-refractivity contribution in [2.75, 3.05) is 13.7 Å². The lowest BCUT2D eigenvalue weighted by molar-refractivity contribution is -0.149. The molecule has 2 amide bonds. The molecule has 1 aliphatic heterocycles. The van der Waals surface area contributed by atoms with Crippen molar-refractivity contribution in [2.45, 2.75) is 20.0 Å². The van der Waals surface area contributed by atoms with Gasteiger partial charge >= 0.3 is 11.9 Å².